The summed E-state index contributed by atoms with van der Waals surface area (Å²) in [6, 6.07) is 7.25. The fourth-order valence-electron chi connectivity index (χ4n) is 1.28. The molecule has 0 aliphatic heterocycles. The molecule has 1 rings (SSSR count). The highest BCUT2D eigenvalue weighted by Gasteiger charge is 2.11. The lowest BCUT2D eigenvalue weighted by molar-refractivity contribution is 0.0711. The second-order valence-electron chi connectivity index (χ2n) is 4.37. The van der Waals surface area contributed by atoms with Crippen LogP contribution in [0, 0.1) is 0 Å². The van der Waals surface area contributed by atoms with E-state index in [4.69, 9.17) is 0 Å². The molecule has 0 aromatic heterocycles. The molecular weight excluding hydrogens is 190 g/mol. The number of aromatic hydroxyl groups is 1. The summed E-state index contributed by atoms with van der Waals surface area (Å²) in [7, 11) is 0. The SMILES string of the molecule is CC(C)(O)CCNCc1ccccc1O. The van der Waals surface area contributed by atoms with Crippen LogP contribution >= 0.6 is 0 Å². The number of hydrogen-bond donors (Lipinski definition) is 3. The lowest BCUT2D eigenvalue weighted by Gasteiger charge is -2.17. The van der Waals surface area contributed by atoms with Crippen LogP contribution in [0.25, 0.3) is 0 Å². The number of rotatable bonds is 5. The quantitative estimate of drug-likeness (QED) is 0.646. The average molecular weight is 209 g/mol. The summed E-state index contributed by atoms with van der Waals surface area (Å²) in [6.07, 6.45) is 0.695. The van der Waals surface area contributed by atoms with Crippen LogP contribution in [0.3, 0.4) is 0 Å². The van der Waals surface area contributed by atoms with Crippen molar-refractivity contribution in [3.63, 3.8) is 0 Å². The largest absolute Gasteiger partial charge is 0.508 e. The van der Waals surface area contributed by atoms with E-state index in [-0.39, 0.29) is 0 Å². The molecule has 0 saturated heterocycles. The van der Waals surface area contributed by atoms with Crippen LogP contribution in [0.4, 0.5) is 0 Å². The Bertz CT molecular complexity index is 305. The minimum absolute atomic E-state index is 0.313. The lowest BCUT2D eigenvalue weighted by atomic mass is 10.1. The Balaban J connectivity index is 2.30. The van der Waals surface area contributed by atoms with Gasteiger partial charge >= 0.3 is 0 Å². The Hall–Kier alpha value is -1.06. The predicted octanol–water partition coefficient (Wildman–Crippen LogP) is 1.64. The highest BCUT2D eigenvalue weighted by atomic mass is 16.3. The maximum Gasteiger partial charge on any atom is 0.120 e. The topological polar surface area (TPSA) is 52.5 Å². The molecule has 0 bridgehead atoms. The first-order valence-corrected chi connectivity index (χ1v) is 5.19. The number of nitrogens with one attached hydrogen (secondary N) is 1. The van der Waals surface area contributed by atoms with Gasteiger partial charge < -0.3 is 15.5 Å². The first-order chi connectivity index (χ1) is 6.99. The highest BCUT2D eigenvalue weighted by Crippen LogP contribution is 2.15. The van der Waals surface area contributed by atoms with Gasteiger partial charge in [0.2, 0.25) is 0 Å². The van der Waals surface area contributed by atoms with Crippen molar-refractivity contribution >= 4 is 0 Å². The standard InChI is InChI=1S/C12H19NO2/c1-12(2,15)7-8-13-9-10-5-3-4-6-11(10)14/h3-6,13-15H,7-9H2,1-2H3. The van der Waals surface area contributed by atoms with Gasteiger partial charge in [-0.15, -0.1) is 0 Å². The van der Waals surface area contributed by atoms with Gasteiger partial charge in [0, 0.05) is 12.1 Å². The minimum Gasteiger partial charge on any atom is -0.508 e. The molecule has 3 heteroatoms. The van der Waals surface area contributed by atoms with Gasteiger partial charge in [0.15, 0.2) is 0 Å². The van der Waals surface area contributed by atoms with Gasteiger partial charge in [-0.3, -0.25) is 0 Å². The van der Waals surface area contributed by atoms with Crippen LogP contribution in [0.15, 0.2) is 24.3 Å². The molecule has 0 saturated carbocycles. The predicted molar refractivity (Wildman–Crippen MR) is 60.7 cm³/mol. The van der Waals surface area contributed by atoms with Crippen molar-refractivity contribution in [2.24, 2.45) is 0 Å². The fourth-order valence-corrected chi connectivity index (χ4v) is 1.28. The van der Waals surface area contributed by atoms with Crippen LogP contribution < -0.4 is 5.32 Å². The maximum atomic E-state index is 9.48. The molecule has 0 heterocycles. The third-order valence-electron chi connectivity index (χ3n) is 2.22. The summed E-state index contributed by atoms with van der Waals surface area (Å²) < 4.78 is 0. The van der Waals surface area contributed by atoms with E-state index in [0.717, 1.165) is 12.1 Å². The van der Waals surface area contributed by atoms with Gasteiger partial charge in [0.1, 0.15) is 5.75 Å². The third-order valence-corrected chi connectivity index (χ3v) is 2.22. The van der Waals surface area contributed by atoms with Crippen molar-refractivity contribution in [2.75, 3.05) is 6.54 Å². The molecule has 1 aromatic rings. The molecule has 0 radical (unpaired) electrons. The van der Waals surface area contributed by atoms with Gasteiger partial charge in [-0.1, -0.05) is 18.2 Å². The molecular formula is C12H19NO2. The van der Waals surface area contributed by atoms with Crippen LogP contribution in [0.2, 0.25) is 0 Å². The normalized spacial score (nSPS) is 11.7. The molecule has 0 aliphatic rings. The van der Waals surface area contributed by atoms with Crippen LogP contribution in [-0.2, 0) is 6.54 Å². The second kappa shape index (κ2) is 5.14. The summed E-state index contributed by atoms with van der Waals surface area (Å²) in [5, 5.41) is 22.1. The van der Waals surface area contributed by atoms with E-state index in [0.29, 0.717) is 18.7 Å². The van der Waals surface area contributed by atoms with E-state index in [9.17, 15) is 10.2 Å². The minimum atomic E-state index is -0.633. The summed E-state index contributed by atoms with van der Waals surface area (Å²) >= 11 is 0. The van der Waals surface area contributed by atoms with Crippen molar-refractivity contribution in [1.82, 2.24) is 5.32 Å². The molecule has 0 atom stereocenters. The summed E-state index contributed by atoms with van der Waals surface area (Å²) in [5.41, 5.74) is 0.249. The van der Waals surface area contributed by atoms with Gasteiger partial charge in [0.25, 0.3) is 0 Å². The van der Waals surface area contributed by atoms with E-state index in [1.165, 1.54) is 0 Å². The zero-order valence-corrected chi connectivity index (χ0v) is 9.33. The summed E-state index contributed by atoms with van der Waals surface area (Å²) in [4.78, 5) is 0. The van der Waals surface area contributed by atoms with Gasteiger partial charge in [-0.25, -0.2) is 0 Å². The van der Waals surface area contributed by atoms with Gasteiger partial charge in [0.05, 0.1) is 5.60 Å². The Morgan fingerprint density at radius 3 is 2.53 bits per heavy atom. The van der Waals surface area contributed by atoms with E-state index in [1.54, 1.807) is 26.0 Å². The van der Waals surface area contributed by atoms with E-state index in [2.05, 4.69) is 5.32 Å². The molecule has 3 nitrogen and oxygen atoms in total. The smallest absolute Gasteiger partial charge is 0.120 e. The molecule has 0 fully saturated rings. The van der Waals surface area contributed by atoms with E-state index < -0.39 is 5.60 Å². The number of aliphatic hydroxyl groups is 1. The molecule has 1 aromatic carbocycles. The second-order valence-corrected chi connectivity index (χ2v) is 4.37. The molecule has 0 aliphatic carbocycles. The number of para-hydroxylation sites is 1. The monoisotopic (exact) mass is 209 g/mol. The Morgan fingerprint density at radius 2 is 1.93 bits per heavy atom. The highest BCUT2D eigenvalue weighted by molar-refractivity contribution is 5.31. The zero-order chi connectivity index (χ0) is 11.3. The van der Waals surface area contributed by atoms with Gasteiger partial charge in [-0.05, 0) is 32.9 Å². The van der Waals surface area contributed by atoms with Crippen LogP contribution in [-0.4, -0.2) is 22.4 Å². The molecule has 0 unspecified atom stereocenters. The Kier molecular flexibility index (Phi) is 4.12. The third kappa shape index (κ3) is 4.81. The average Bonchev–Trinajstić information content (AvgIpc) is 2.13. The molecule has 0 amide bonds. The summed E-state index contributed by atoms with van der Waals surface area (Å²) in [6.45, 7) is 4.93. The fraction of sp³-hybridized carbons (Fsp3) is 0.500. The number of hydrogen-bond acceptors (Lipinski definition) is 3. The number of benzene rings is 1. The van der Waals surface area contributed by atoms with Crippen molar-refractivity contribution in [1.29, 1.82) is 0 Å². The van der Waals surface area contributed by atoms with Crippen molar-refractivity contribution in [2.45, 2.75) is 32.4 Å². The van der Waals surface area contributed by atoms with Crippen molar-refractivity contribution in [3.05, 3.63) is 29.8 Å². The van der Waals surface area contributed by atoms with Crippen molar-refractivity contribution < 1.29 is 10.2 Å². The summed E-state index contributed by atoms with van der Waals surface area (Å²) in [5.74, 6) is 0.313. The van der Waals surface area contributed by atoms with Crippen LogP contribution in [0.1, 0.15) is 25.8 Å². The van der Waals surface area contributed by atoms with Crippen LogP contribution in [0.5, 0.6) is 5.75 Å². The molecule has 84 valence electrons. The lowest BCUT2D eigenvalue weighted by Crippen LogP contribution is -2.26. The first kappa shape index (κ1) is 12.0. The Morgan fingerprint density at radius 1 is 1.27 bits per heavy atom. The molecule has 15 heavy (non-hydrogen) atoms. The Labute approximate surface area is 90.8 Å². The molecule has 3 N–H and O–H groups in total. The number of phenols is 1. The van der Waals surface area contributed by atoms with Gasteiger partial charge in [-0.2, -0.15) is 0 Å². The number of phenolic OH excluding ortho intramolecular Hbond substituents is 1. The van der Waals surface area contributed by atoms with E-state index in [1.807, 2.05) is 12.1 Å². The maximum absolute atomic E-state index is 9.48. The molecule has 0 spiro atoms. The van der Waals surface area contributed by atoms with E-state index >= 15 is 0 Å². The zero-order valence-electron chi connectivity index (χ0n) is 9.33. The first-order valence-electron chi connectivity index (χ1n) is 5.19. The van der Waals surface area contributed by atoms with Crippen molar-refractivity contribution in [3.8, 4) is 5.75 Å².